The van der Waals surface area contributed by atoms with Crippen LogP contribution in [0, 0.1) is 18.6 Å². The number of azide groups is 1. The topological polar surface area (TPSA) is 77.9 Å². The number of amides is 1. The molecule has 1 N–H and O–H groups in total. The normalized spacial score (nSPS) is 9.59. The summed E-state index contributed by atoms with van der Waals surface area (Å²) in [5, 5.41) is 5.56. The first-order valence-electron chi connectivity index (χ1n) is 4.81. The van der Waals surface area contributed by atoms with E-state index in [0.717, 1.165) is 6.07 Å². The molecule has 0 aliphatic rings. The van der Waals surface area contributed by atoms with Gasteiger partial charge in [0.05, 0.1) is 5.56 Å². The molecule has 0 heterocycles. The van der Waals surface area contributed by atoms with Crippen LogP contribution in [-0.2, 0) is 0 Å². The summed E-state index contributed by atoms with van der Waals surface area (Å²) in [4.78, 5) is 14.0. The molecule has 7 heteroatoms. The van der Waals surface area contributed by atoms with Gasteiger partial charge in [-0.05, 0) is 24.1 Å². The lowest BCUT2D eigenvalue weighted by Gasteiger charge is -2.06. The average Bonchev–Trinajstić information content (AvgIpc) is 2.29. The van der Waals surface area contributed by atoms with Crippen molar-refractivity contribution in [2.75, 3.05) is 13.1 Å². The SMILES string of the molecule is Cc1cc(C(=O)NCCN=[N+]=[N-])c(F)cc1F. The fourth-order valence-electron chi connectivity index (χ4n) is 1.19. The lowest BCUT2D eigenvalue weighted by Crippen LogP contribution is -2.27. The zero-order valence-corrected chi connectivity index (χ0v) is 9.07. The van der Waals surface area contributed by atoms with Crippen molar-refractivity contribution in [2.45, 2.75) is 6.92 Å². The van der Waals surface area contributed by atoms with Crippen molar-refractivity contribution in [2.24, 2.45) is 5.11 Å². The van der Waals surface area contributed by atoms with Crippen molar-refractivity contribution in [1.29, 1.82) is 0 Å². The molecule has 5 nitrogen and oxygen atoms in total. The predicted molar refractivity (Wildman–Crippen MR) is 57.4 cm³/mol. The Morgan fingerprint density at radius 1 is 1.47 bits per heavy atom. The number of carbonyl (C=O) groups is 1. The maximum absolute atomic E-state index is 13.3. The molecule has 0 bridgehead atoms. The van der Waals surface area contributed by atoms with E-state index >= 15 is 0 Å². The third-order valence-corrected chi connectivity index (χ3v) is 2.05. The number of hydrogen-bond acceptors (Lipinski definition) is 2. The number of rotatable bonds is 4. The molecule has 0 aliphatic heterocycles. The molecule has 90 valence electrons. The van der Waals surface area contributed by atoms with Gasteiger partial charge >= 0.3 is 0 Å². The lowest BCUT2D eigenvalue weighted by molar-refractivity contribution is 0.0950. The largest absolute Gasteiger partial charge is 0.352 e. The molecular weight excluding hydrogens is 230 g/mol. The van der Waals surface area contributed by atoms with Gasteiger partial charge in [0.1, 0.15) is 11.6 Å². The van der Waals surface area contributed by atoms with Gasteiger partial charge in [-0.2, -0.15) is 0 Å². The molecule has 1 rings (SSSR count). The maximum Gasteiger partial charge on any atom is 0.254 e. The van der Waals surface area contributed by atoms with Gasteiger partial charge in [0.2, 0.25) is 0 Å². The van der Waals surface area contributed by atoms with E-state index < -0.39 is 17.5 Å². The molecule has 0 atom stereocenters. The Hall–Kier alpha value is -2.14. The van der Waals surface area contributed by atoms with Gasteiger partial charge in [-0.3, -0.25) is 4.79 Å². The molecule has 1 aromatic carbocycles. The van der Waals surface area contributed by atoms with E-state index in [9.17, 15) is 13.6 Å². The van der Waals surface area contributed by atoms with Gasteiger partial charge in [-0.25, -0.2) is 8.78 Å². The highest BCUT2D eigenvalue weighted by atomic mass is 19.1. The van der Waals surface area contributed by atoms with E-state index in [1.54, 1.807) is 0 Å². The number of benzene rings is 1. The Kier molecular flexibility index (Phi) is 4.42. The first-order valence-corrected chi connectivity index (χ1v) is 4.81. The molecule has 0 aliphatic carbocycles. The average molecular weight is 240 g/mol. The monoisotopic (exact) mass is 240 g/mol. The number of halogens is 2. The maximum atomic E-state index is 13.3. The van der Waals surface area contributed by atoms with Crippen LogP contribution < -0.4 is 5.32 Å². The van der Waals surface area contributed by atoms with E-state index in [4.69, 9.17) is 5.53 Å². The number of carbonyl (C=O) groups excluding carboxylic acids is 1. The summed E-state index contributed by atoms with van der Waals surface area (Å²) < 4.78 is 26.2. The third kappa shape index (κ3) is 3.42. The Morgan fingerprint density at radius 3 is 2.82 bits per heavy atom. The van der Waals surface area contributed by atoms with Crippen molar-refractivity contribution in [3.8, 4) is 0 Å². The van der Waals surface area contributed by atoms with Crippen LogP contribution >= 0.6 is 0 Å². The zero-order chi connectivity index (χ0) is 12.8. The van der Waals surface area contributed by atoms with Crippen LogP contribution in [0.4, 0.5) is 8.78 Å². The summed E-state index contributed by atoms with van der Waals surface area (Å²) in [7, 11) is 0. The predicted octanol–water partition coefficient (Wildman–Crippen LogP) is 2.31. The van der Waals surface area contributed by atoms with E-state index in [1.165, 1.54) is 6.92 Å². The molecule has 0 unspecified atom stereocenters. The van der Waals surface area contributed by atoms with E-state index in [0.29, 0.717) is 6.07 Å². The van der Waals surface area contributed by atoms with Gasteiger partial charge in [0.15, 0.2) is 0 Å². The van der Waals surface area contributed by atoms with Crippen LogP contribution in [0.3, 0.4) is 0 Å². The molecule has 0 saturated heterocycles. The van der Waals surface area contributed by atoms with Crippen LogP contribution in [0.2, 0.25) is 0 Å². The summed E-state index contributed by atoms with van der Waals surface area (Å²) in [5.41, 5.74) is 7.96. The first kappa shape index (κ1) is 12.9. The highest BCUT2D eigenvalue weighted by Crippen LogP contribution is 2.13. The van der Waals surface area contributed by atoms with Gasteiger partial charge in [0.25, 0.3) is 5.91 Å². The Balaban J connectivity index is 2.75. The minimum absolute atomic E-state index is 0.0734. The molecule has 0 aromatic heterocycles. The minimum Gasteiger partial charge on any atom is -0.352 e. The van der Waals surface area contributed by atoms with Crippen LogP contribution in [0.5, 0.6) is 0 Å². The highest BCUT2D eigenvalue weighted by Gasteiger charge is 2.13. The number of aryl methyl sites for hydroxylation is 1. The summed E-state index contributed by atoms with van der Waals surface area (Å²) >= 11 is 0. The molecule has 1 amide bonds. The summed E-state index contributed by atoms with van der Waals surface area (Å²) in [6.45, 7) is 1.61. The zero-order valence-electron chi connectivity index (χ0n) is 9.07. The standard InChI is InChI=1S/C10H10F2N4O/c1-6-4-7(9(12)5-8(6)11)10(17)14-2-3-15-16-13/h4-5H,2-3H2,1H3,(H,14,17). The van der Waals surface area contributed by atoms with Crippen molar-refractivity contribution >= 4 is 5.91 Å². The van der Waals surface area contributed by atoms with Crippen molar-refractivity contribution in [1.82, 2.24) is 5.32 Å². The molecule has 0 radical (unpaired) electrons. The fraction of sp³-hybridized carbons (Fsp3) is 0.300. The van der Waals surface area contributed by atoms with Gasteiger partial charge in [-0.15, -0.1) is 0 Å². The second kappa shape index (κ2) is 5.81. The van der Waals surface area contributed by atoms with Gasteiger partial charge in [0, 0.05) is 24.1 Å². The van der Waals surface area contributed by atoms with E-state index in [-0.39, 0.29) is 24.2 Å². The second-order valence-corrected chi connectivity index (χ2v) is 3.29. The van der Waals surface area contributed by atoms with Gasteiger partial charge < -0.3 is 5.32 Å². The Labute approximate surface area is 96.1 Å². The van der Waals surface area contributed by atoms with Crippen molar-refractivity contribution in [3.05, 3.63) is 45.3 Å². The number of nitrogens with one attached hydrogen (secondary N) is 1. The van der Waals surface area contributed by atoms with E-state index in [2.05, 4.69) is 15.3 Å². The van der Waals surface area contributed by atoms with Crippen LogP contribution in [0.1, 0.15) is 15.9 Å². The van der Waals surface area contributed by atoms with E-state index in [1.807, 2.05) is 0 Å². The lowest BCUT2D eigenvalue weighted by atomic mass is 10.1. The molecule has 0 saturated carbocycles. The summed E-state index contributed by atoms with van der Waals surface area (Å²) in [6.07, 6.45) is 0. The summed E-state index contributed by atoms with van der Waals surface area (Å²) in [6, 6.07) is 1.80. The third-order valence-electron chi connectivity index (χ3n) is 2.05. The van der Waals surface area contributed by atoms with Crippen LogP contribution in [-0.4, -0.2) is 19.0 Å². The number of hydrogen-bond donors (Lipinski definition) is 1. The molecule has 1 aromatic rings. The molecule has 17 heavy (non-hydrogen) atoms. The fourth-order valence-corrected chi connectivity index (χ4v) is 1.19. The van der Waals surface area contributed by atoms with Gasteiger partial charge in [-0.1, -0.05) is 5.11 Å². The smallest absolute Gasteiger partial charge is 0.254 e. The van der Waals surface area contributed by atoms with Crippen molar-refractivity contribution < 1.29 is 13.6 Å². The minimum atomic E-state index is -0.922. The molecule has 0 spiro atoms. The quantitative estimate of drug-likeness (QED) is 0.372. The van der Waals surface area contributed by atoms with Crippen LogP contribution in [0.15, 0.2) is 17.2 Å². The molecular formula is C10H10F2N4O. The first-order chi connectivity index (χ1) is 8.06. The number of nitrogens with zero attached hydrogens (tertiary/aromatic N) is 3. The highest BCUT2D eigenvalue weighted by molar-refractivity contribution is 5.94. The Bertz CT molecular complexity index is 483. The van der Waals surface area contributed by atoms with Crippen molar-refractivity contribution in [3.63, 3.8) is 0 Å². The summed E-state index contributed by atoms with van der Waals surface area (Å²) in [5.74, 6) is -2.29. The Morgan fingerprint density at radius 2 is 2.18 bits per heavy atom. The van der Waals surface area contributed by atoms with Crippen LogP contribution in [0.25, 0.3) is 10.4 Å². The molecule has 0 fully saturated rings. The second-order valence-electron chi connectivity index (χ2n) is 3.29.